The van der Waals surface area contributed by atoms with Gasteiger partial charge in [-0.05, 0) is 35.9 Å². The fraction of sp³-hybridized carbons (Fsp3) is 0.182. The number of halogens is 3. The van der Waals surface area contributed by atoms with Crippen molar-refractivity contribution in [3.63, 3.8) is 0 Å². The maximum Gasteiger partial charge on any atom is 0.416 e. The lowest BCUT2D eigenvalue weighted by Crippen LogP contribution is -2.09. The Morgan fingerprint density at radius 2 is 1.83 bits per heavy atom. The Labute approximate surface area is 171 Å². The van der Waals surface area contributed by atoms with Gasteiger partial charge in [-0.1, -0.05) is 24.3 Å². The molecule has 2 aromatic carbocycles. The van der Waals surface area contributed by atoms with Crippen molar-refractivity contribution in [1.29, 1.82) is 0 Å². The number of imidazole rings is 1. The van der Waals surface area contributed by atoms with Crippen molar-refractivity contribution in [3.05, 3.63) is 71.9 Å². The van der Waals surface area contributed by atoms with Crippen molar-refractivity contribution in [3.8, 4) is 11.4 Å². The number of nitrogens with zero attached hydrogens (tertiary/aromatic N) is 3. The van der Waals surface area contributed by atoms with Crippen LogP contribution in [0.25, 0.3) is 22.4 Å². The molecule has 4 rings (SSSR count). The van der Waals surface area contributed by atoms with Gasteiger partial charge >= 0.3 is 6.18 Å². The van der Waals surface area contributed by atoms with Gasteiger partial charge in [0.1, 0.15) is 11.3 Å². The first-order valence-electron chi connectivity index (χ1n) is 9.34. The molecule has 0 bridgehead atoms. The van der Waals surface area contributed by atoms with E-state index in [1.165, 1.54) is 6.07 Å². The highest BCUT2D eigenvalue weighted by Crippen LogP contribution is 2.32. The summed E-state index contributed by atoms with van der Waals surface area (Å²) < 4.78 is 39.1. The number of hydrogen-bond donors (Lipinski definition) is 2. The number of hydrogen-bond acceptors (Lipinski definition) is 4. The monoisotopic (exact) mass is 411 g/mol. The summed E-state index contributed by atoms with van der Waals surface area (Å²) in [4.78, 5) is 14.0. The molecule has 0 aliphatic rings. The molecule has 4 aromatic rings. The van der Waals surface area contributed by atoms with Gasteiger partial charge in [0.15, 0.2) is 5.82 Å². The molecular formula is C22H20F3N5. The second kappa shape index (κ2) is 7.70. The smallest absolute Gasteiger partial charge is 0.378 e. The number of rotatable bonds is 5. The second-order valence-corrected chi connectivity index (χ2v) is 7.14. The molecule has 0 fully saturated rings. The zero-order valence-electron chi connectivity index (χ0n) is 16.5. The number of H-pyrrole nitrogens is 1. The second-order valence-electron chi connectivity index (χ2n) is 7.14. The van der Waals surface area contributed by atoms with Crippen molar-refractivity contribution < 1.29 is 13.2 Å². The number of nitrogens with one attached hydrogen (secondary N) is 2. The van der Waals surface area contributed by atoms with Gasteiger partial charge < -0.3 is 15.2 Å². The van der Waals surface area contributed by atoms with Crippen molar-refractivity contribution >= 4 is 22.5 Å². The van der Waals surface area contributed by atoms with Gasteiger partial charge in [-0.2, -0.15) is 13.2 Å². The summed E-state index contributed by atoms with van der Waals surface area (Å²) in [7, 11) is 3.96. The lowest BCUT2D eigenvalue weighted by molar-refractivity contribution is -0.137. The molecule has 0 aliphatic heterocycles. The SMILES string of the molecule is CN(C)c1cccc(CNc2nccc3[nH]c(-c4cccc(C(F)(F)F)c4)nc23)c1. The Hall–Kier alpha value is -3.55. The van der Waals surface area contributed by atoms with Crippen molar-refractivity contribution in [2.45, 2.75) is 12.7 Å². The minimum absolute atomic E-state index is 0.363. The molecule has 2 aromatic heterocycles. The third-order valence-electron chi connectivity index (χ3n) is 4.75. The van der Waals surface area contributed by atoms with Crippen molar-refractivity contribution in [1.82, 2.24) is 15.0 Å². The lowest BCUT2D eigenvalue weighted by atomic mass is 10.1. The van der Waals surface area contributed by atoms with Crippen LogP contribution in [-0.2, 0) is 12.7 Å². The number of anilines is 2. The average Bonchev–Trinajstić information content (AvgIpc) is 3.17. The number of alkyl halides is 3. The molecule has 0 amide bonds. The Morgan fingerprint density at radius 1 is 1.03 bits per heavy atom. The summed E-state index contributed by atoms with van der Waals surface area (Å²) in [6.07, 6.45) is -2.77. The van der Waals surface area contributed by atoms with E-state index in [0.717, 1.165) is 23.4 Å². The van der Waals surface area contributed by atoms with Gasteiger partial charge in [0.2, 0.25) is 0 Å². The van der Waals surface area contributed by atoms with E-state index >= 15 is 0 Å². The van der Waals surface area contributed by atoms with Crippen LogP contribution in [0.2, 0.25) is 0 Å². The summed E-state index contributed by atoms with van der Waals surface area (Å²) in [6, 6.07) is 15.0. The number of fused-ring (bicyclic) bond motifs is 1. The highest BCUT2D eigenvalue weighted by atomic mass is 19.4. The van der Waals surface area contributed by atoms with E-state index in [1.807, 2.05) is 37.2 Å². The number of aromatic amines is 1. The van der Waals surface area contributed by atoms with E-state index < -0.39 is 11.7 Å². The molecule has 0 saturated heterocycles. The first-order valence-corrected chi connectivity index (χ1v) is 9.34. The molecule has 5 nitrogen and oxygen atoms in total. The van der Waals surface area contributed by atoms with Crippen LogP contribution in [0.5, 0.6) is 0 Å². The molecule has 154 valence electrons. The van der Waals surface area contributed by atoms with Crippen molar-refractivity contribution in [2.75, 3.05) is 24.3 Å². The minimum atomic E-state index is -4.41. The van der Waals surface area contributed by atoms with Gasteiger partial charge in [-0.25, -0.2) is 9.97 Å². The highest BCUT2D eigenvalue weighted by Gasteiger charge is 2.30. The first-order chi connectivity index (χ1) is 14.3. The van der Waals surface area contributed by atoms with Gasteiger partial charge in [0.05, 0.1) is 11.1 Å². The van der Waals surface area contributed by atoms with Gasteiger partial charge in [0, 0.05) is 38.1 Å². The van der Waals surface area contributed by atoms with Crippen LogP contribution >= 0.6 is 0 Å². The predicted molar refractivity (Wildman–Crippen MR) is 112 cm³/mol. The lowest BCUT2D eigenvalue weighted by Gasteiger charge is -2.14. The molecule has 0 radical (unpaired) electrons. The maximum absolute atomic E-state index is 13.0. The minimum Gasteiger partial charge on any atom is -0.378 e. The molecule has 0 aliphatic carbocycles. The first kappa shape index (κ1) is 19.8. The van der Waals surface area contributed by atoms with Crippen molar-refractivity contribution in [2.24, 2.45) is 0 Å². The van der Waals surface area contributed by atoms with E-state index in [1.54, 1.807) is 18.3 Å². The van der Waals surface area contributed by atoms with Crippen LogP contribution in [0.1, 0.15) is 11.1 Å². The van der Waals surface area contributed by atoms with Crippen LogP contribution in [0.3, 0.4) is 0 Å². The maximum atomic E-state index is 13.0. The fourth-order valence-corrected chi connectivity index (χ4v) is 3.17. The van der Waals surface area contributed by atoms with E-state index in [4.69, 9.17) is 0 Å². The third kappa shape index (κ3) is 4.07. The summed E-state index contributed by atoms with van der Waals surface area (Å²) in [5, 5.41) is 3.28. The van der Waals surface area contributed by atoms with Crippen LogP contribution in [0, 0.1) is 0 Å². The van der Waals surface area contributed by atoms with Gasteiger partial charge in [-0.3, -0.25) is 0 Å². The quantitative estimate of drug-likeness (QED) is 0.467. The van der Waals surface area contributed by atoms with E-state index in [9.17, 15) is 13.2 Å². The molecule has 2 N–H and O–H groups in total. The van der Waals surface area contributed by atoms with Gasteiger partial charge in [0.25, 0.3) is 0 Å². The molecule has 0 spiro atoms. The number of pyridine rings is 1. The molecule has 0 atom stereocenters. The zero-order valence-corrected chi connectivity index (χ0v) is 16.5. The fourth-order valence-electron chi connectivity index (χ4n) is 3.17. The van der Waals surface area contributed by atoms with Crippen LogP contribution in [0.15, 0.2) is 60.8 Å². The Kier molecular flexibility index (Phi) is 5.07. The zero-order chi connectivity index (χ0) is 21.3. The molecule has 0 unspecified atom stereocenters. The standard InChI is InChI=1S/C22H20F3N5/c1-30(2)17-8-3-5-14(11-17)13-27-21-19-18(9-10-26-21)28-20(29-19)15-6-4-7-16(12-15)22(23,24)25/h3-12H,13H2,1-2H3,(H,26,27)(H,28,29). The summed E-state index contributed by atoms with van der Waals surface area (Å²) in [5.41, 5.74) is 3.10. The molecule has 2 heterocycles. The predicted octanol–water partition coefficient (Wildman–Crippen LogP) is 5.32. The van der Waals surface area contributed by atoms with E-state index in [0.29, 0.717) is 34.8 Å². The summed E-state index contributed by atoms with van der Waals surface area (Å²) in [6.45, 7) is 0.541. The summed E-state index contributed by atoms with van der Waals surface area (Å²) in [5.74, 6) is 0.930. The highest BCUT2D eigenvalue weighted by molar-refractivity contribution is 5.88. The van der Waals surface area contributed by atoms with Crippen LogP contribution in [0.4, 0.5) is 24.7 Å². The van der Waals surface area contributed by atoms with E-state index in [2.05, 4.69) is 26.3 Å². The Bertz CT molecular complexity index is 1180. The number of aromatic nitrogens is 3. The van der Waals surface area contributed by atoms with Gasteiger partial charge in [-0.15, -0.1) is 0 Å². The number of benzene rings is 2. The average molecular weight is 411 g/mol. The normalized spacial score (nSPS) is 11.6. The third-order valence-corrected chi connectivity index (χ3v) is 4.75. The molecule has 30 heavy (non-hydrogen) atoms. The molecule has 8 heteroatoms. The molecule has 0 saturated carbocycles. The Morgan fingerprint density at radius 3 is 2.60 bits per heavy atom. The topological polar surface area (TPSA) is 56.8 Å². The van der Waals surface area contributed by atoms with E-state index in [-0.39, 0.29) is 0 Å². The molecular weight excluding hydrogens is 391 g/mol. The van der Waals surface area contributed by atoms with Crippen LogP contribution in [-0.4, -0.2) is 29.0 Å². The largest absolute Gasteiger partial charge is 0.416 e. The summed E-state index contributed by atoms with van der Waals surface area (Å²) >= 11 is 0. The Balaban J connectivity index is 1.62. The van der Waals surface area contributed by atoms with Crippen LogP contribution < -0.4 is 10.2 Å².